The van der Waals surface area contributed by atoms with Gasteiger partial charge in [0, 0.05) is 0 Å². The highest BCUT2D eigenvalue weighted by Gasteiger charge is 2.12. The van der Waals surface area contributed by atoms with Crippen molar-refractivity contribution in [1.29, 1.82) is 0 Å². The molecule has 4 heteroatoms. The number of hydrogen-bond acceptors (Lipinski definition) is 4. The molecule has 0 aliphatic carbocycles. The van der Waals surface area contributed by atoms with Gasteiger partial charge in [0.2, 0.25) is 0 Å². The molecule has 0 aromatic heterocycles. The summed E-state index contributed by atoms with van der Waals surface area (Å²) >= 11 is 0. The fraction of sp³-hybridized carbons (Fsp3) is 0.438. The molecule has 0 fully saturated rings. The molecule has 4 nitrogen and oxygen atoms in total. The van der Waals surface area contributed by atoms with Crippen LogP contribution in [0.1, 0.15) is 32.8 Å². The van der Waals surface area contributed by atoms with Gasteiger partial charge in [-0.25, -0.2) is 4.79 Å². The first kappa shape index (κ1) is 16.2. The number of rotatable bonds is 5. The standard InChI is InChI=1S/C12H18O2.C4H4O2/c1-3-4-11-5-7-12(8-6-11)14-9-10(2)13;1-3-2-6-4(3)5/h5-8,10,13H,3-4,9H2,1-2H3;2H,1H3. The van der Waals surface area contributed by atoms with Gasteiger partial charge in [-0.1, -0.05) is 25.5 Å². The van der Waals surface area contributed by atoms with Crippen LogP contribution in [-0.4, -0.2) is 23.8 Å². The number of carbonyl (C=O) groups is 1. The lowest BCUT2D eigenvalue weighted by Crippen LogP contribution is -2.12. The van der Waals surface area contributed by atoms with Gasteiger partial charge >= 0.3 is 5.97 Å². The largest absolute Gasteiger partial charge is 0.491 e. The first-order valence-electron chi connectivity index (χ1n) is 6.80. The smallest absolute Gasteiger partial charge is 0.341 e. The van der Waals surface area contributed by atoms with Crippen LogP contribution in [0.25, 0.3) is 0 Å². The summed E-state index contributed by atoms with van der Waals surface area (Å²) < 4.78 is 9.59. The summed E-state index contributed by atoms with van der Waals surface area (Å²) in [5.74, 6) is 0.626. The molecule has 1 N–H and O–H groups in total. The highest BCUT2D eigenvalue weighted by atomic mass is 16.5. The fourth-order valence-electron chi connectivity index (χ4n) is 1.48. The van der Waals surface area contributed by atoms with Crippen molar-refractivity contribution in [2.45, 2.75) is 39.7 Å². The Morgan fingerprint density at radius 2 is 1.90 bits per heavy atom. The van der Waals surface area contributed by atoms with Crippen LogP contribution >= 0.6 is 0 Å². The monoisotopic (exact) mass is 278 g/mol. The van der Waals surface area contributed by atoms with Crippen LogP contribution in [0.3, 0.4) is 0 Å². The topological polar surface area (TPSA) is 55.8 Å². The lowest BCUT2D eigenvalue weighted by Gasteiger charge is -2.08. The Morgan fingerprint density at radius 1 is 1.30 bits per heavy atom. The highest BCUT2D eigenvalue weighted by molar-refractivity contribution is 5.92. The third-order valence-electron chi connectivity index (χ3n) is 2.62. The number of carbonyl (C=O) groups excluding carboxylic acids is 1. The van der Waals surface area contributed by atoms with E-state index in [0.29, 0.717) is 12.2 Å². The van der Waals surface area contributed by atoms with Gasteiger partial charge in [-0.05, 0) is 38.0 Å². The van der Waals surface area contributed by atoms with Crippen LogP contribution in [0.15, 0.2) is 36.1 Å². The summed E-state index contributed by atoms with van der Waals surface area (Å²) in [5.41, 5.74) is 2.03. The Hall–Kier alpha value is -1.81. The Balaban J connectivity index is 0.000000276. The average molecular weight is 278 g/mol. The van der Waals surface area contributed by atoms with E-state index in [9.17, 15) is 4.79 Å². The van der Waals surface area contributed by atoms with Crippen molar-refractivity contribution in [3.8, 4) is 5.75 Å². The molecule has 1 aromatic carbocycles. The van der Waals surface area contributed by atoms with Gasteiger partial charge in [-0.3, -0.25) is 0 Å². The molecule has 0 saturated carbocycles. The van der Waals surface area contributed by atoms with Gasteiger partial charge in [-0.15, -0.1) is 0 Å². The maximum atomic E-state index is 9.94. The zero-order valence-electron chi connectivity index (χ0n) is 12.3. The van der Waals surface area contributed by atoms with Crippen molar-refractivity contribution in [1.82, 2.24) is 0 Å². The summed E-state index contributed by atoms with van der Waals surface area (Å²) in [7, 11) is 0. The zero-order chi connectivity index (χ0) is 15.0. The van der Waals surface area contributed by atoms with Crippen LogP contribution in [0.5, 0.6) is 5.75 Å². The van der Waals surface area contributed by atoms with E-state index in [2.05, 4.69) is 23.8 Å². The Bertz CT molecular complexity index is 446. The van der Waals surface area contributed by atoms with Crippen LogP contribution in [0, 0.1) is 0 Å². The molecule has 1 aromatic rings. The summed E-state index contributed by atoms with van der Waals surface area (Å²) in [6.45, 7) is 5.95. The van der Waals surface area contributed by atoms with E-state index >= 15 is 0 Å². The first-order valence-corrected chi connectivity index (χ1v) is 6.80. The molecule has 1 heterocycles. The maximum Gasteiger partial charge on any atom is 0.341 e. The molecule has 0 saturated heterocycles. The number of aliphatic hydroxyl groups excluding tert-OH is 1. The van der Waals surface area contributed by atoms with Gasteiger partial charge in [0.25, 0.3) is 0 Å². The van der Waals surface area contributed by atoms with Gasteiger partial charge in [0.05, 0.1) is 11.7 Å². The van der Waals surface area contributed by atoms with Crippen LogP contribution in [0.4, 0.5) is 0 Å². The van der Waals surface area contributed by atoms with E-state index in [1.165, 1.54) is 11.8 Å². The van der Waals surface area contributed by atoms with Crippen molar-refractivity contribution in [2.75, 3.05) is 6.61 Å². The molecular formula is C16H22O4. The van der Waals surface area contributed by atoms with E-state index in [1.807, 2.05) is 12.1 Å². The third-order valence-corrected chi connectivity index (χ3v) is 2.62. The fourth-order valence-corrected chi connectivity index (χ4v) is 1.48. The van der Waals surface area contributed by atoms with Gasteiger partial charge in [-0.2, -0.15) is 0 Å². The van der Waals surface area contributed by atoms with Crippen molar-refractivity contribution in [3.05, 3.63) is 41.7 Å². The molecule has 0 bridgehead atoms. The Labute approximate surface area is 120 Å². The molecule has 1 atom stereocenters. The van der Waals surface area contributed by atoms with E-state index in [4.69, 9.17) is 9.84 Å². The van der Waals surface area contributed by atoms with Crippen molar-refractivity contribution >= 4 is 5.97 Å². The molecule has 0 amide bonds. The first-order chi connectivity index (χ1) is 9.52. The average Bonchev–Trinajstić information content (AvgIpc) is 2.45. The third kappa shape index (κ3) is 5.89. The minimum atomic E-state index is -0.412. The van der Waals surface area contributed by atoms with Crippen molar-refractivity contribution < 1.29 is 19.4 Å². The number of aryl methyl sites for hydroxylation is 1. The summed E-state index contributed by atoms with van der Waals surface area (Å²) in [6, 6.07) is 8.04. The molecule has 20 heavy (non-hydrogen) atoms. The van der Waals surface area contributed by atoms with E-state index < -0.39 is 6.10 Å². The molecule has 2 rings (SSSR count). The van der Waals surface area contributed by atoms with E-state index in [0.717, 1.165) is 18.6 Å². The van der Waals surface area contributed by atoms with Gasteiger partial charge < -0.3 is 14.6 Å². The lowest BCUT2D eigenvalue weighted by molar-refractivity contribution is -0.138. The molecule has 1 unspecified atom stereocenters. The SMILES string of the molecule is CC1=COC1=O.CCCc1ccc(OCC(C)O)cc1. The normalized spacial score (nSPS) is 14.2. The minimum Gasteiger partial charge on any atom is -0.491 e. The number of ether oxygens (including phenoxy) is 2. The second-order valence-electron chi connectivity index (χ2n) is 4.76. The predicted octanol–water partition coefficient (Wildman–Crippen LogP) is 2.85. The van der Waals surface area contributed by atoms with Crippen LogP contribution < -0.4 is 4.74 Å². The summed E-state index contributed by atoms with van der Waals surface area (Å²) in [5, 5.41) is 9.03. The number of hydrogen-bond donors (Lipinski definition) is 1. The molecular weight excluding hydrogens is 256 g/mol. The Kier molecular flexibility index (Phi) is 6.81. The highest BCUT2D eigenvalue weighted by Crippen LogP contribution is 2.13. The number of esters is 1. The van der Waals surface area contributed by atoms with Crippen molar-refractivity contribution in [3.63, 3.8) is 0 Å². The van der Waals surface area contributed by atoms with E-state index in [-0.39, 0.29) is 5.97 Å². The second-order valence-corrected chi connectivity index (χ2v) is 4.76. The quantitative estimate of drug-likeness (QED) is 0.841. The Morgan fingerprint density at radius 3 is 2.25 bits per heavy atom. The number of cyclic esters (lactones) is 1. The molecule has 1 aliphatic rings. The van der Waals surface area contributed by atoms with E-state index in [1.54, 1.807) is 13.8 Å². The number of benzene rings is 1. The van der Waals surface area contributed by atoms with Gasteiger partial charge in [0.1, 0.15) is 18.6 Å². The summed E-state index contributed by atoms with van der Waals surface area (Å²) in [6.07, 6.45) is 3.29. The van der Waals surface area contributed by atoms with Crippen molar-refractivity contribution in [2.24, 2.45) is 0 Å². The van der Waals surface area contributed by atoms with Gasteiger partial charge in [0.15, 0.2) is 0 Å². The predicted molar refractivity (Wildman–Crippen MR) is 77.5 cm³/mol. The molecule has 1 aliphatic heterocycles. The second kappa shape index (κ2) is 8.38. The molecule has 110 valence electrons. The van der Waals surface area contributed by atoms with Crippen LogP contribution in [-0.2, 0) is 16.0 Å². The minimum absolute atomic E-state index is 0.199. The van der Waals surface area contributed by atoms with Crippen LogP contribution in [0.2, 0.25) is 0 Å². The zero-order valence-corrected chi connectivity index (χ0v) is 12.3. The molecule has 0 radical (unpaired) electrons. The maximum absolute atomic E-state index is 9.94. The number of aliphatic hydroxyl groups is 1. The lowest BCUT2D eigenvalue weighted by atomic mass is 10.1. The molecule has 0 spiro atoms. The summed E-state index contributed by atoms with van der Waals surface area (Å²) in [4.78, 5) is 9.94.